The molecule has 0 radical (unpaired) electrons. The van der Waals surface area contributed by atoms with Crippen LogP contribution in [0.15, 0.2) is 12.1 Å². The minimum absolute atomic E-state index is 0.00820. The second-order valence-corrected chi connectivity index (χ2v) is 5.93. The first kappa shape index (κ1) is 16.9. The van der Waals surface area contributed by atoms with E-state index in [1.807, 2.05) is 6.07 Å². The van der Waals surface area contributed by atoms with Gasteiger partial charge >= 0.3 is 0 Å². The maximum atomic E-state index is 5.91. The van der Waals surface area contributed by atoms with Gasteiger partial charge in [-0.2, -0.15) is 0 Å². The van der Waals surface area contributed by atoms with Crippen molar-refractivity contribution in [3.05, 3.63) is 23.4 Å². The standard InChI is InChI=1S/C16H29N3O/c1-7-14-9-13(11-17-8-2)10-15(18-14)20-12-16(3,4)19(5)6/h9-10,17H,7-8,11-12H2,1-6H3. The van der Waals surface area contributed by atoms with E-state index >= 15 is 0 Å². The van der Waals surface area contributed by atoms with Crippen LogP contribution in [0.4, 0.5) is 0 Å². The zero-order valence-corrected chi connectivity index (χ0v) is 13.8. The Bertz CT molecular complexity index is 416. The zero-order valence-electron chi connectivity index (χ0n) is 13.8. The third-order valence-corrected chi connectivity index (χ3v) is 3.64. The van der Waals surface area contributed by atoms with Crippen molar-refractivity contribution in [1.29, 1.82) is 0 Å². The number of nitrogens with zero attached hydrogens (tertiary/aromatic N) is 2. The fraction of sp³-hybridized carbons (Fsp3) is 0.688. The van der Waals surface area contributed by atoms with Crippen molar-refractivity contribution >= 4 is 0 Å². The number of ether oxygens (including phenoxy) is 1. The molecule has 0 spiro atoms. The number of hydrogen-bond donors (Lipinski definition) is 1. The highest BCUT2D eigenvalue weighted by atomic mass is 16.5. The molecule has 20 heavy (non-hydrogen) atoms. The Balaban J connectivity index is 2.78. The summed E-state index contributed by atoms with van der Waals surface area (Å²) in [5, 5.41) is 3.34. The number of pyridine rings is 1. The van der Waals surface area contributed by atoms with Crippen LogP contribution in [0.3, 0.4) is 0 Å². The Hall–Kier alpha value is -1.13. The van der Waals surface area contributed by atoms with E-state index in [0.717, 1.165) is 31.1 Å². The topological polar surface area (TPSA) is 37.4 Å². The molecule has 0 unspecified atom stereocenters. The molecule has 0 bridgehead atoms. The monoisotopic (exact) mass is 279 g/mol. The Morgan fingerprint density at radius 2 is 1.95 bits per heavy atom. The largest absolute Gasteiger partial charge is 0.476 e. The number of aryl methyl sites for hydroxylation is 1. The number of aromatic nitrogens is 1. The van der Waals surface area contributed by atoms with E-state index in [4.69, 9.17) is 4.74 Å². The molecule has 0 amide bonds. The summed E-state index contributed by atoms with van der Waals surface area (Å²) in [6, 6.07) is 4.18. The van der Waals surface area contributed by atoms with Crippen LogP contribution in [0.5, 0.6) is 5.88 Å². The average molecular weight is 279 g/mol. The fourth-order valence-electron chi connectivity index (χ4n) is 1.63. The van der Waals surface area contributed by atoms with Crippen LogP contribution in [-0.4, -0.2) is 42.7 Å². The summed E-state index contributed by atoms with van der Waals surface area (Å²) < 4.78 is 5.91. The second kappa shape index (κ2) is 7.60. The van der Waals surface area contributed by atoms with Gasteiger partial charge in [0.05, 0.1) is 0 Å². The van der Waals surface area contributed by atoms with Gasteiger partial charge in [0.1, 0.15) is 6.61 Å². The highest BCUT2D eigenvalue weighted by Gasteiger charge is 2.21. The van der Waals surface area contributed by atoms with Crippen molar-refractivity contribution in [3.8, 4) is 5.88 Å². The van der Waals surface area contributed by atoms with Crippen LogP contribution in [0.25, 0.3) is 0 Å². The lowest BCUT2D eigenvalue weighted by molar-refractivity contribution is 0.111. The Morgan fingerprint density at radius 1 is 1.25 bits per heavy atom. The normalized spacial score (nSPS) is 11.9. The fourth-order valence-corrected chi connectivity index (χ4v) is 1.63. The lowest BCUT2D eigenvalue weighted by Gasteiger charge is -2.32. The Labute approximate surface area is 123 Å². The quantitative estimate of drug-likeness (QED) is 0.793. The molecule has 1 aromatic heterocycles. The first-order chi connectivity index (χ1) is 9.39. The summed E-state index contributed by atoms with van der Waals surface area (Å²) in [7, 11) is 4.13. The molecule has 0 atom stereocenters. The minimum atomic E-state index is -0.00820. The summed E-state index contributed by atoms with van der Waals surface area (Å²) in [4.78, 5) is 6.72. The van der Waals surface area contributed by atoms with Gasteiger partial charge in [0.25, 0.3) is 0 Å². The highest BCUT2D eigenvalue weighted by Crippen LogP contribution is 2.17. The molecule has 0 aliphatic rings. The molecular formula is C16H29N3O. The third-order valence-electron chi connectivity index (χ3n) is 3.64. The van der Waals surface area contributed by atoms with E-state index in [-0.39, 0.29) is 5.54 Å². The molecule has 0 fully saturated rings. The molecule has 0 aromatic carbocycles. The molecule has 0 saturated heterocycles. The molecule has 1 N–H and O–H groups in total. The zero-order chi connectivity index (χ0) is 15.2. The van der Waals surface area contributed by atoms with Crippen molar-refractivity contribution < 1.29 is 4.74 Å². The molecule has 0 saturated carbocycles. The van der Waals surface area contributed by atoms with Gasteiger partial charge in [-0.1, -0.05) is 13.8 Å². The predicted molar refractivity (Wildman–Crippen MR) is 84.3 cm³/mol. The first-order valence-electron chi connectivity index (χ1n) is 7.39. The van der Waals surface area contributed by atoms with Crippen LogP contribution in [0, 0.1) is 0 Å². The maximum absolute atomic E-state index is 5.91. The van der Waals surface area contributed by atoms with Gasteiger partial charge in [-0.05, 0) is 52.5 Å². The first-order valence-corrected chi connectivity index (χ1v) is 7.39. The number of likely N-dealkylation sites (N-methyl/N-ethyl adjacent to an activating group) is 1. The van der Waals surface area contributed by atoms with E-state index in [2.05, 4.69) is 63.1 Å². The van der Waals surface area contributed by atoms with E-state index in [1.165, 1.54) is 5.56 Å². The molecule has 4 nitrogen and oxygen atoms in total. The van der Waals surface area contributed by atoms with Crippen LogP contribution < -0.4 is 10.1 Å². The summed E-state index contributed by atoms with van der Waals surface area (Å²) in [6.07, 6.45) is 0.924. The predicted octanol–water partition coefficient (Wildman–Crippen LogP) is 2.47. The molecule has 1 aromatic rings. The maximum Gasteiger partial charge on any atom is 0.213 e. The lowest BCUT2D eigenvalue weighted by atomic mass is 10.1. The van der Waals surface area contributed by atoms with Gasteiger partial charge < -0.3 is 15.0 Å². The number of hydrogen-bond acceptors (Lipinski definition) is 4. The van der Waals surface area contributed by atoms with Gasteiger partial charge in [-0.3, -0.25) is 0 Å². The second-order valence-electron chi connectivity index (χ2n) is 5.93. The van der Waals surface area contributed by atoms with Crippen molar-refractivity contribution in [2.75, 3.05) is 27.2 Å². The van der Waals surface area contributed by atoms with Crippen molar-refractivity contribution in [3.63, 3.8) is 0 Å². The smallest absolute Gasteiger partial charge is 0.213 e. The molecule has 1 heterocycles. The van der Waals surface area contributed by atoms with Crippen LogP contribution in [-0.2, 0) is 13.0 Å². The summed E-state index contributed by atoms with van der Waals surface area (Å²) in [5.74, 6) is 0.729. The summed E-state index contributed by atoms with van der Waals surface area (Å²) in [5.41, 5.74) is 2.31. The summed E-state index contributed by atoms with van der Waals surface area (Å²) in [6.45, 7) is 11.0. The van der Waals surface area contributed by atoms with E-state index in [0.29, 0.717) is 6.61 Å². The molecule has 0 aliphatic carbocycles. The molecule has 0 aliphatic heterocycles. The van der Waals surface area contributed by atoms with Crippen LogP contribution in [0.2, 0.25) is 0 Å². The molecule has 114 valence electrons. The van der Waals surface area contributed by atoms with E-state index in [1.54, 1.807) is 0 Å². The van der Waals surface area contributed by atoms with Crippen molar-refractivity contribution in [2.45, 2.75) is 46.2 Å². The molecule has 1 rings (SSSR count). The van der Waals surface area contributed by atoms with Gasteiger partial charge in [0.2, 0.25) is 5.88 Å². The van der Waals surface area contributed by atoms with E-state index < -0.39 is 0 Å². The minimum Gasteiger partial charge on any atom is -0.476 e. The molecule has 4 heteroatoms. The van der Waals surface area contributed by atoms with Crippen molar-refractivity contribution in [1.82, 2.24) is 15.2 Å². The van der Waals surface area contributed by atoms with Crippen LogP contribution in [0.1, 0.15) is 39.0 Å². The van der Waals surface area contributed by atoms with Gasteiger partial charge in [-0.15, -0.1) is 0 Å². The SMILES string of the molecule is CCNCc1cc(CC)nc(OCC(C)(C)N(C)C)c1. The summed E-state index contributed by atoms with van der Waals surface area (Å²) >= 11 is 0. The number of nitrogens with one attached hydrogen (secondary N) is 1. The Morgan fingerprint density at radius 3 is 2.50 bits per heavy atom. The Kier molecular flexibility index (Phi) is 6.43. The van der Waals surface area contributed by atoms with Crippen LogP contribution >= 0.6 is 0 Å². The van der Waals surface area contributed by atoms with Gasteiger partial charge in [0.15, 0.2) is 0 Å². The number of rotatable bonds is 8. The van der Waals surface area contributed by atoms with Gasteiger partial charge in [-0.25, -0.2) is 4.98 Å². The van der Waals surface area contributed by atoms with Gasteiger partial charge in [0, 0.05) is 23.8 Å². The highest BCUT2D eigenvalue weighted by molar-refractivity contribution is 5.25. The lowest BCUT2D eigenvalue weighted by Crippen LogP contribution is -2.43. The molecular weight excluding hydrogens is 250 g/mol. The van der Waals surface area contributed by atoms with E-state index in [9.17, 15) is 0 Å². The third kappa shape index (κ3) is 5.10. The average Bonchev–Trinajstić information content (AvgIpc) is 2.42. The van der Waals surface area contributed by atoms with Crippen molar-refractivity contribution in [2.24, 2.45) is 0 Å².